The molecule has 2 aromatic rings. The monoisotopic (exact) mass is 311 g/mol. The topological polar surface area (TPSA) is 29.9 Å². The largest absolute Gasteiger partial charge is 0.313 e. The van der Waals surface area contributed by atoms with Crippen molar-refractivity contribution in [2.24, 2.45) is 7.05 Å². The van der Waals surface area contributed by atoms with Crippen molar-refractivity contribution in [2.75, 3.05) is 7.05 Å². The number of hydrogen-bond acceptors (Lipinski definition) is 2. The van der Waals surface area contributed by atoms with E-state index in [4.69, 9.17) is 23.2 Å². The summed E-state index contributed by atoms with van der Waals surface area (Å²) in [6.07, 6.45) is 0.746. The molecule has 1 aromatic heterocycles. The van der Waals surface area contributed by atoms with Gasteiger partial charge in [-0.25, -0.2) is 0 Å². The molecule has 3 nitrogen and oxygen atoms in total. The van der Waals surface area contributed by atoms with Crippen molar-refractivity contribution in [2.45, 2.75) is 26.3 Å². The first kappa shape index (κ1) is 15.4. The minimum atomic E-state index is 0.106. The van der Waals surface area contributed by atoms with E-state index in [-0.39, 0.29) is 6.04 Å². The number of nitrogens with one attached hydrogen (secondary N) is 1. The minimum absolute atomic E-state index is 0.106. The van der Waals surface area contributed by atoms with Gasteiger partial charge in [-0.2, -0.15) is 5.10 Å². The summed E-state index contributed by atoms with van der Waals surface area (Å²) in [5, 5.41) is 9.21. The summed E-state index contributed by atoms with van der Waals surface area (Å²) >= 11 is 12.8. The van der Waals surface area contributed by atoms with Crippen molar-refractivity contribution in [1.29, 1.82) is 0 Å². The van der Waals surface area contributed by atoms with Crippen molar-refractivity contribution >= 4 is 23.2 Å². The fraction of sp³-hybridized carbons (Fsp3) is 0.400. The summed E-state index contributed by atoms with van der Waals surface area (Å²) in [7, 11) is 3.85. The van der Waals surface area contributed by atoms with Crippen molar-refractivity contribution in [3.8, 4) is 0 Å². The van der Waals surface area contributed by atoms with E-state index >= 15 is 0 Å². The van der Waals surface area contributed by atoms with Crippen LogP contribution in [-0.4, -0.2) is 16.8 Å². The van der Waals surface area contributed by atoms with Gasteiger partial charge in [-0.05, 0) is 32.0 Å². The minimum Gasteiger partial charge on any atom is -0.313 e. The van der Waals surface area contributed by atoms with Crippen molar-refractivity contribution < 1.29 is 0 Å². The number of aryl methyl sites for hydroxylation is 3. The molecule has 2 rings (SSSR count). The Hall–Kier alpha value is -1.03. The fourth-order valence-electron chi connectivity index (χ4n) is 2.40. The van der Waals surface area contributed by atoms with Crippen molar-refractivity contribution in [3.05, 3.63) is 50.8 Å². The smallest absolute Gasteiger partial charge is 0.0847 e. The van der Waals surface area contributed by atoms with Crippen LogP contribution in [0.25, 0.3) is 0 Å². The highest BCUT2D eigenvalue weighted by atomic mass is 35.5. The predicted molar refractivity (Wildman–Crippen MR) is 84.6 cm³/mol. The van der Waals surface area contributed by atoms with E-state index in [0.29, 0.717) is 0 Å². The number of hydrogen-bond donors (Lipinski definition) is 1. The molecule has 0 saturated carbocycles. The van der Waals surface area contributed by atoms with Gasteiger partial charge in [0.1, 0.15) is 0 Å². The molecule has 1 atom stereocenters. The Kier molecular flexibility index (Phi) is 4.74. The number of benzene rings is 1. The number of halogens is 2. The third kappa shape index (κ3) is 2.85. The summed E-state index contributed by atoms with van der Waals surface area (Å²) in [5.41, 5.74) is 4.04. The summed E-state index contributed by atoms with van der Waals surface area (Å²) in [6, 6.07) is 6.19. The summed E-state index contributed by atoms with van der Waals surface area (Å²) in [4.78, 5) is 0. The SMILES string of the molecule is CNC(Cc1c(Cl)c(C)nn1C)c1cccc(C)c1Cl. The number of nitrogens with zero attached hydrogens (tertiary/aromatic N) is 2. The Morgan fingerprint density at radius 3 is 2.50 bits per heavy atom. The highest BCUT2D eigenvalue weighted by molar-refractivity contribution is 6.32. The second-order valence-electron chi connectivity index (χ2n) is 4.99. The van der Waals surface area contributed by atoms with Gasteiger partial charge in [0.15, 0.2) is 0 Å². The van der Waals surface area contributed by atoms with Crippen molar-refractivity contribution in [3.63, 3.8) is 0 Å². The fourth-order valence-corrected chi connectivity index (χ4v) is 2.90. The third-order valence-corrected chi connectivity index (χ3v) is 4.61. The lowest BCUT2D eigenvalue weighted by Gasteiger charge is -2.19. The van der Waals surface area contributed by atoms with Crippen LogP contribution >= 0.6 is 23.2 Å². The molecule has 0 amide bonds. The van der Waals surface area contributed by atoms with Crippen LogP contribution in [0.3, 0.4) is 0 Å². The van der Waals surface area contributed by atoms with E-state index in [0.717, 1.165) is 39.0 Å². The summed E-state index contributed by atoms with van der Waals surface area (Å²) in [6.45, 7) is 3.93. The average molecular weight is 312 g/mol. The molecule has 0 fully saturated rings. The number of aromatic nitrogens is 2. The van der Waals surface area contributed by atoms with E-state index in [9.17, 15) is 0 Å². The van der Waals surface area contributed by atoms with Crippen LogP contribution in [0.5, 0.6) is 0 Å². The Morgan fingerprint density at radius 2 is 1.95 bits per heavy atom. The third-order valence-electron chi connectivity index (χ3n) is 3.60. The number of rotatable bonds is 4. The average Bonchev–Trinajstić information content (AvgIpc) is 2.65. The molecule has 0 aliphatic carbocycles. The lowest BCUT2D eigenvalue weighted by Crippen LogP contribution is -2.21. The van der Waals surface area contributed by atoms with Crippen LogP contribution in [0.1, 0.15) is 28.6 Å². The van der Waals surface area contributed by atoms with E-state index < -0.39 is 0 Å². The molecule has 20 heavy (non-hydrogen) atoms. The van der Waals surface area contributed by atoms with Gasteiger partial charge in [0.2, 0.25) is 0 Å². The first-order valence-corrected chi connectivity index (χ1v) is 7.31. The normalized spacial score (nSPS) is 12.7. The number of likely N-dealkylation sites (N-methyl/N-ethyl adjacent to an activating group) is 1. The molecule has 0 aliphatic rings. The highest BCUT2D eigenvalue weighted by Gasteiger charge is 2.19. The van der Waals surface area contributed by atoms with Crippen molar-refractivity contribution in [1.82, 2.24) is 15.1 Å². The lowest BCUT2D eigenvalue weighted by atomic mass is 10.00. The van der Waals surface area contributed by atoms with Gasteiger partial charge >= 0.3 is 0 Å². The quantitative estimate of drug-likeness (QED) is 0.929. The Labute approximate surface area is 129 Å². The van der Waals surface area contributed by atoms with Gasteiger partial charge in [-0.1, -0.05) is 41.4 Å². The van der Waals surface area contributed by atoms with Crippen LogP contribution < -0.4 is 5.32 Å². The maximum absolute atomic E-state index is 6.42. The van der Waals surface area contributed by atoms with E-state index in [1.807, 2.05) is 50.8 Å². The molecule has 0 spiro atoms. The zero-order chi connectivity index (χ0) is 14.9. The molecule has 0 radical (unpaired) electrons. The van der Waals surface area contributed by atoms with Crippen LogP contribution in [0.2, 0.25) is 10.0 Å². The highest BCUT2D eigenvalue weighted by Crippen LogP contribution is 2.30. The van der Waals surface area contributed by atoms with Gasteiger partial charge in [-0.3, -0.25) is 4.68 Å². The summed E-state index contributed by atoms with van der Waals surface area (Å²) < 4.78 is 1.84. The summed E-state index contributed by atoms with van der Waals surface area (Å²) in [5.74, 6) is 0. The van der Waals surface area contributed by atoms with Crippen LogP contribution in [0, 0.1) is 13.8 Å². The first-order chi connectivity index (χ1) is 9.45. The van der Waals surface area contributed by atoms with Gasteiger partial charge < -0.3 is 5.32 Å². The molecule has 108 valence electrons. The van der Waals surface area contributed by atoms with Gasteiger partial charge in [0.25, 0.3) is 0 Å². The van der Waals surface area contributed by atoms with E-state index in [1.165, 1.54) is 0 Å². The maximum atomic E-state index is 6.42. The van der Waals surface area contributed by atoms with Crippen LogP contribution in [0.4, 0.5) is 0 Å². The van der Waals surface area contributed by atoms with Gasteiger partial charge in [0, 0.05) is 24.5 Å². The molecule has 1 N–H and O–H groups in total. The van der Waals surface area contributed by atoms with E-state index in [1.54, 1.807) is 0 Å². The molecule has 0 bridgehead atoms. The lowest BCUT2D eigenvalue weighted by molar-refractivity contribution is 0.561. The Balaban J connectivity index is 2.36. The first-order valence-electron chi connectivity index (χ1n) is 6.56. The standard InChI is InChI=1S/C15H19Cl2N3/c1-9-6-5-7-11(14(9)16)12(18-3)8-13-15(17)10(2)19-20(13)4/h5-7,12,18H,8H2,1-4H3. The maximum Gasteiger partial charge on any atom is 0.0847 e. The molecular formula is C15H19Cl2N3. The van der Waals surface area contributed by atoms with Crippen LogP contribution in [-0.2, 0) is 13.5 Å². The van der Waals surface area contributed by atoms with Gasteiger partial charge in [0.05, 0.1) is 16.4 Å². The second kappa shape index (κ2) is 6.17. The van der Waals surface area contributed by atoms with Gasteiger partial charge in [-0.15, -0.1) is 0 Å². The molecule has 1 unspecified atom stereocenters. The Morgan fingerprint density at radius 1 is 1.25 bits per heavy atom. The second-order valence-corrected chi connectivity index (χ2v) is 5.75. The molecular weight excluding hydrogens is 293 g/mol. The zero-order valence-electron chi connectivity index (χ0n) is 12.2. The van der Waals surface area contributed by atoms with Crippen LogP contribution in [0.15, 0.2) is 18.2 Å². The molecule has 0 saturated heterocycles. The Bertz CT molecular complexity index is 620. The molecule has 0 aliphatic heterocycles. The van der Waals surface area contributed by atoms with E-state index in [2.05, 4.69) is 10.4 Å². The molecule has 1 heterocycles. The predicted octanol–water partition coefficient (Wildman–Crippen LogP) is 3.85. The zero-order valence-corrected chi connectivity index (χ0v) is 13.7. The molecule has 1 aromatic carbocycles. The molecule has 5 heteroatoms.